The third kappa shape index (κ3) is 3.55. The first-order chi connectivity index (χ1) is 7.71. The molecule has 0 aromatic carbocycles. The predicted octanol–water partition coefficient (Wildman–Crippen LogP) is -1.22. The molecule has 0 fully saturated rings. The lowest BCUT2D eigenvalue weighted by Crippen LogP contribution is -2.31. The number of aromatic nitrogens is 1. The number of sulfonamides is 1. The highest BCUT2D eigenvalue weighted by Gasteiger charge is 2.17. The fourth-order valence-corrected chi connectivity index (χ4v) is 1.83. The Bertz CT molecular complexity index is 518. The van der Waals surface area contributed by atoms with Gasteiger partial charge in [-0.2, -0.15) is 0 Å². The third-order valence-corrected chi connectivity index (χ3v) is 2.98. The van der Waals surface area contributed by atoms with E-state index in [0.717, 1.165) is 0 Å². The van der Waals surface area contributed by atoms with Crippen LogP contribution in [-0.4, -0.2) is 36.6 Å². The van der Waals surface area contributed by atoms with E-state index in [1.54, 1.807) is 0 Å². The topological polar surface area (TPSA) is 114 Å². The van der Waals surface area contributed by atoms with Crippen molar-refractivity contribution in [1.82, 2.24) is 9.88 Å². The monoisotopic (exact) mass is 261 g/mol. The van der Waals surface area contributed by atoms with E-state index in [1.165, 1.54) is 30.8 Å². The van der Waals surface area contributed by atoms with E-state index in [2.05, 4.69) is 5.32 Å². The zero-order valence-electron chi connectivity index (χ0n) is 9.54. The van der Waals surface area contributed by atoms with Crippen LogP contribution in [0, 0.1) is 0 Å². The van der Waals surface area contributed by atoms with Crippen molar-refractivity contribution in [2.75, 3.05) is 6.54 Å². The van der Waals surface area contributed by atoms with Crippen LogP contribution >= 0.6 is 0 Å². The van der Waals surface area contributed by atoms with Gasteiger partial charge in [0.2, 0.25) is 10.0 Å². The summed E-state index contributed by atoms with van der Waals surface area (Å²) in [4.78, 5) is 11.5. The molecule has 1 amide bonds. The number of amides is 1. The van der Waals surface area contributed by atoms with E-state index >= 15 is 0 Å². The lowest BCUT2D eigenvalue weighted by Gasteiger charge is -2.07. The van der Waals surface area contributed by atoms with Gasteiger partial charge < -0.3 is 15.0 Å². The molecule has 0 saturated carbocycles. The van der Waals surface area contributed by atoms with Crippen LogP contribution < -0.4 is 10.5 Å². The number of nitrogens with two attached hydrogens (primary N) is 1. The van der Waals surface area contributed by atoms with E-state index in [0.29, 0.717) is 0 Å². The lowest BCUT2D eigenvalue weighted by molar-refractivity contribution is 0.0916. The fraction of sp³-hybridized carbons (Fsp3) is 0.444. The summed E-state index contributed by atoms with van der Waals surface area (Å²) in [5.74, 6) is -0.469. The van der Waals surface area contributed by atoms with Gasteiger partial charge in [-0.25, -0.2) is 13.6 Å². The maximum Gasteiger partial charge on any atom is 0.268 e. The molecule has 1 aromatic rings. The standard InChI is InChI=1S/C9H15N3O4S/c1-6(13)4-11-9(14)8-3-7(5-12(8)2)17(10,15)16/h3,5-6,13H,4H2,1-2H3,(H,11,14)(H2,10,15,16). The Balaban J connectivity index is 2.92. The minimum atomic E-state index is -3.82. The van der Waals surface area contributed by atoms with Crippen LogP contribution in [-0.2, 0) is 17.1 Å². The van der Waals surface area contributed by atoms with Crippen molar-refractivity contribution in [2.24, 2.45) is 12.2 Å². The molecular formula is C9H15N3O4S. The Labute approximate surface area is 99.3 Å². The van der Waals surface area contributed by atoms with Crippen molar-refractivity contribution < 1.29 is 18.3 Å². The molecule has 1 unspecified atom stereocenters. The van der Waals surface area contributed by atoms with E-state index in [9.17, 15) is 13.2 Å². The van der Waals surface area contributed by atoms with Crippen LogP contribution in [0.15, 0.2) is 17.2 Å². The number of hydrogen-bond acceptors (Lipinski definition) is 4. The summed E-state index contributed by atoms with van der Waals surface area (Å²) in [6, 6.07) is 1.19. The molecule has 0 aliphatic heterocycles. The van der Waals surface area contributed by atoms with Crippen molar-refractivity contribution in [2.45, 2.75) is 17.9 Å². The number of aliphatic hydroxyl groups is 1. The number of carbonyl (C=O) groups excluding carboxylic acids is 1. The highest BCUT2D eigenvalue weighted by atomic mass is 32.2. The second-order valence-corrected chi connectivity index (χ2v) is 5.34. The first-order valence-corrected chi connectivity index (χ1v) is 6.42. The zero-order chi connectivity index (χ0) is 13.2. The van der Waals surface area contributed by atoms with Crippen LogP contribution in [0.5, 0.6) is 0 Å². The Kier molecular flexibility index (Phi) is 3.91. The summed E-state index contributed by atoms with van der Waals surface area (Å²) in [7, 11) is -2.29. The average Bonchev–Trinajstić information content (AvgIpc) is 2.56. The highest BCUT2D eigenvalue weighted by Crippen LogP contribution is 2.11. The smallest absolute Gasteiger partial charge is 0.268 e. The average molecular weight is 261 g/mol. The molecule has 0 aliphatic carbocycles. The molecular weight excluding hydrogens is 246 g/mol. The quantitative estimate of drug-likeness (QED) is 0.630. The van der Waals surface area contributed by atoms with Gasteiger partial charge in [0.25, 0.3) is 5.91 Å². The molecule has 1 aromatic heterocycles. The zero-order valence-corrected chi connectivity index (χ0v) is 10.4. The number of carbonyl (C=O) groups is 1. The Hall–Kier alpha value is -1.38. The second-order valence-electron chi connectivity index (χ2n) is 3.78. The van der Waals surface area contributed by atoms with Crippen molar-refractivity contribution in [3.8, 4) is 0 Å². The molecule has 8 heteroatoms. The molecule has 0 spiro atoms. The predicted molar refractivity (Wildman–Crippen MR) is 60.8 cm³/mol. The van der Waals surface area contributed by atoms with Gasteiger partial charge in [-0.3, -0.25) is 4.79 Å². The number of aliphatic hydroxyl groups excluding tert-OH is 1. The van der Waals surface area contributed by atoms with Crippen molar-refractivity contribution in [1.29, 1.82) is 0 Å². The number of nitrogens with zero attached hydrogens (tertiary/aromatic N) is 1. The van der Waals surface area contributed by atoms with E-state index in [1.807, 2.05) is 0 Å². The first-order valence-electron chi connectivity index (χ1n) is 4.87. The second kappa shape index (κ2) is 4.86. The summed E-state index contributed by atoms with van der Waals surface area (Å²) >= 11 is 0. The van der Waals surface area contributed by atoms with Crippen LogP contribution in [0.25, 0.3) is 0 Å². The van der Waals surface area contributed by atoms with Crippen LogP contribution in [0.4, 0.5) is 0 Å². The molecule has 0 saturated heterocycles. The summed E-state index contributed by atoms with van der Waals surface area (Å²) in [6.07, 6.45) is 0.587. The van der Waals surface area contributed by atoms with Gasteiger partial charge in [-0.1, -0.05) is 0 Å². The number of hydrogen-bond donors (Lipinski definition) is 3. The summed E-state index contributed by atoms with van der Waals surface area (Å²) in [5, 5.41) is 16.4. The van der Waals surface area contributed by atoms with Crippen molar-refractivity contribution in [3.63, 3.8) is 0 Å². The van der Waals surface area contributed by atoms with Crippen LogP contribution in [0.3, 0.4) is 0 Å². The third-order valence-electron chi connectivity index (χ3n) is 2.10. The van der Waals surface area contributed by atoms with Gasteiger partial charge in [-0.15, -0.1) is 0 Å². The molecule has 0 aliphatic rings. The molecule has 4 N–H and O–H groups in total. The van der Waals surface area contributed by atoms with Gasteiger partial charge >= 0.3 is 0 Å². The highest BCUT2D eigenvalue weighted by molar-refractivity contribution is 7.89. The number of primary sulfonamides is 1. The molecule has 17 heavy (non-hydrogen) atoms. The van der Waals surface area contributed by atoms with Crippen LogP contribution in [0.1, 0.15) is 17.4 Å². The number of rotatable bonds is 4. The minimum absolute atomic E-state index is 0.0920. The van der Waals surface area contributed by atoms with Gasteiger partial charge in [0.15, 0.2) is 0 Å². The van der Waals surface area contributed by atoms with Gasteiger partial charge in [0, 0.05) is 19.8 Å². The fourth-order valence-electron chi connectivity index (χ4n) is 1.25. The van der Waals surface area contributed by atoms with E-state index in [-0.39, 0.29) is 17.1 Å². The van der Waals surface area contributed by atoms with Crippen LogP contribution in [0.2, 0.25) is 0 Å². The Morgan fingerprint density at radius 2 is 2.24 bits per heavy atom. The summed E-state index contributed by atoms with van der Waals surface area (Å²) in [5.41, 5.74) is 0.162. The molecule has 7 nitrogen and oxygen atoms in total. The number of aryl methyl sites for hydroxylation is 1. The lowest BCUT2D eigenvalue weighted by atomic mass is 10.3. The summed E-state index contributed by atoms with van der Waals surface area (Å²) < 4.78 is 23.5. The molecule has 0 radical (unpaired) electrons. The molecule has 1 heterocycles. The maximum atomic E-state index is 11.6. The van der Waals surface area contributed by atoms with Gasteiger partial charge in [-0.05, 0) is 13.0 Å². The number of nitrogens with one attached hydrogen (secondary N) is 1. The minimum Gasteiger partial charge on any atom is -0.392 e. The van der Waals surface area contributed by atoms with Gasteiger partial charge in [0.1, 0.15) is 10.6 Å². The van der Waals surface area contributed by atoms with Gasteiger partial charge in [0.05, 0.1) is 6.10 Å². The van der Waals surface area contributed by atoms with E-state index < -0.39 is 22.0 Å². The molecule has 0 bridgehead atoms. The van der Waals surface area contributed by atoms with Crippen molar-refractivity contribution >= 4 is 15.9 Å². The molecule has 96 valence electrons. The Morgan fingerprint density at radius 1 is 1.65 bits per heavy atom. The van der Waals surface area contributed by atoms with E-state index in [4.69, 9.17) is 10.2 Å². The molecule has 1 atom stereocenters. The maximum absolute atomic E-state index is 11.6. The summed E-state index contributed by atoms with van der Waals surface area (Å²) in [6.45, 7) is 1.62. The normalized spacial score (nSPS) is 13.4. The Morgan fingerprint density at radius 3 is 2.65 bits per heavy atom. The largest absolute Gasteiger partial charge is 0.392 e. The molecule has 1 rings (SSSR count). The first kappa shape index (κ1) is 13.7. The van der Waals surface area contributed by atoms with Crippen molar-refractivity contribution in [3.05, 3.63) is 18.0 Å². The SMILES string of the molecule is CC(O)CNC(=O)c1cc(S(N)(=O)=O)cn1C.